The Kier molecular flexibility index (Phi) is 9.01. The van der Waals surface area contributed by atoms with E-state index in [0.717, 1.165) is 10.0 Å². The molecule has 1 saturated heterocycles. The molecular weight excluding hydrogens is 540 g/mol. The summed E-state index contributed by atoms with van der Waals surface area (Å²) in [6.45, 7) is 2.25. The minimum Gasteiger partial charge on any atom is -0.489 e. The number of morpholine rings is 1. The highest BCUT2D eigenvalue weighted by atomic mass is 79.9. The third kappa shape index (κ3) is 7.25. The summed E-state index contributed by atoms with van der Waals surface area (Å²) in [6, 6.07) is 21.7. The lowest BCUT2D eigenvalue weighted by Gasteiger charge is -2.27. The van der Waals surface area contributed by atoms with E-state index in [2.05, 4.69) is 31.8 Å². The van der Waals surface area contributed by atoms with Gasteiger partial charge in [0.25, 0.3) is 5.91 Å². The molecule has 3 aromatic carbocycles. The maximum absolute atomic E-state index is 12.9. The number of hydrazone groups is 1. The van der Waals surface area contributed by atoms with Crippen molar-refractivity contribution >= 4 is 45.6 Å². The Balaban J connectivity index is 1.35. The molecule has 0 bridgehead atoms. The first-order chi connectivity index (χ1) is 18.0. The number of rotatable bonds is 7. The third-order valence-electron chi connectivity index (χ3n) is 5.50. The van der Waals surface area contributed by atoms with Gasteiger partial charge >= 0.3 is 11.8 Å². The molecule has 1 aliphatic rings. The highest BCUT2D eigenvalue weighted by Crippen LogP contribution is 2.22. The number of para-hydroxylation sites is 1. The van der Waals surface area contributed by atoms with Crippen LogP contribution in [0, 0.1) is 0 Å². The Hall–Kier alpha value is -4.02. The van der Waals surface area contributed by atoms with Gasteiger partial charge in [0.1, 0.15) is 12.4 Å². The second-order valence-corrected chi connectivity index (χ2v) is 8.92. The molecule has 0 saturated carbocycles. The second-order valence-electron chi connectivity index (χ2n) is 8.06. The van der Waals surface area contributed by atoms with Gasteiger partial charge in [-0.2, -0.15) is 5.10 Å². The monoisotopic (exact) mass is 564 g/mol. The van der Waals surface area contributed by atoms with E-state index in [1.54, 1.807) is 41.3 Å². The van der Waals surface area contributed by atoms with Crippen molar-refractivity contribution in [3.63, 3.8) is 0 Å². The van der Waals surface area contributed by atoms with Gasteiger partial charge < -0.3 is 19.7 Å². The first-order valence-corrected chi connectivity index (χ1v) is 12.4. The fourth-order valence-electron chi connectivity index (χ4n) is 3.56. The Bertz CT molecular complexity index is 1290. The molecular formula is C27H25BrN4O5. The fraction of sp³-hybridized carbons (Fsp3) is 0.185. The number of halogens is 1. The highest BCUT2D eigenvalue weighted by molar-refractivity contribution is 9.10. The topological polar surface area (TPSA) is 109 Å². The summed E-state index contributed by atoms with van der Waals surface area (Å²) in [5.41, 5.74) is 4.43. The van der Waals surface area contributed by atoms with Gasteiger partial charge in [0.15, 0.2) is 0 Å². The first-order valence-electron chi connectivity index (χ1n) is 11.6. The van der Waals surface area contributed by atoms with Crippen molar-refractivity contribution in [1.29, 1.82) is 0 Å². The lowest BCUT2D eigenvalue weighted by atomic mass is 10.1. The summed E-state index contributed by atoms with van der Waals surface area (Å²) < 4.78 is 11.8. The van der Waals surface area contributed by atoms with Gasteiger partial charge in [0.2, 0.25) is 0 Å². The van der Waals surface area contributed by atoms with E-state index in [0.29, 0.717) is 49.8 Å². The fourth-order valence-corrected chi connectivity index (χ4v) is 3.91. The molecule has 1 fully saturated rings. The van der Waals surface area contributed by atoms with Crippen LogP contribution in [0.3, 0.4) is 0 Å². The van der Waals surface area contributed by atoms with Crippen LogP contribution in [0.25, 0.3) is 0 Å². The van der Waals surface area contributed by atoms with E-state index in [1.165, 1.54) is 6.21 Å². The first kappa shape index (κ1) is 26.1. The van der Waals surface area contributed by atoms with Crippen molar-refractivity contribution in [2.75, 3.05) is 31.6 Å². The summed E-state index contributed by atoms with van der Waals surface area (Å²) in [6.07, 6.45) is 1.40. The number of amides is 3. The standard InChI is InChI=1S/C27H25BrN4O5/c28-23-11-10-21(37-18-19-6-2-1-3-7-19)16-20(23)17-29-31-26(34)25(33)30-24-9-5-4-8-22(24)27(35)32-12-14-36-15-13-32/h1-11,16-17H,12-15,18H2,(H,30,33)(H,31,34)/b29-17+. The second kappa shape index (κ2) is 12.8. The van der Waals surface area contributed by atoms with Crippen molar-refractivity contribution in [2.45, 2.75) is 6.61 Å². The van der Waals surface area contributed by atoms with Gasteiger partial charge in [-0.3, -0.25) is 14.4 Å². The lowest BCUT2D eigenvalue weighted by molar-refractivity contribution is -0.136. The van der Waals surface area contributed by atoms with E-state index in [4.69, 9.17) is 9.47 Å². The number of ether oxygens (including phenoxy) is 2. The van der Waals surface area contributed by atoms with Crippen LogP contribution < -0.4 is 15.5 Å². The van der Waals surface area contributed by atoms with Gasteiger partial charge in [-0.25, -0.2) is 5.43 Å². The molecule has 10 heteroatoms. The molecule has 3 amide bonds. The van der Waals surface area contributed by atoms with Gasteiger partial charge in [-0.05, 0) is 35.9 Å². The third-order valence-corrected chi connectivity index (χ3v) is 6.22. The molecule has 190 valence electrons. The van der Waals surface area contributed by atoms with Crippen LogP contribution in [0.2, 0.25) is 0 Å². The Morgan fingerprint density at radius 2 is 1.70 bits per heavy atom. The summed E-state index contributed by atoms with van der Waals surface area (Å²) in [7, 11) is 0. The lowest BCUT2D eigenvalue weighted by Crippen LogP contribution is -2.41. The molecule has 0 aromatic heterocycles. The number of nitrogens with zero attached hydrogens (tertiary/aromatic N) is 2. The average Bonchev–Trinajstić information content (AvgIpc) is 2.94. The summed E-state index contributed by atoms with van der Waals surface area (Å²) in [5, 5.41) is 6.39. The Morgan fingerprint density at radius 1 is 0.973 bits per heavy atom. The number of hydrogen-bond acceptors (Lipinski definition) is 6. The largest absolute Gasteiger partial charge is 0.489 e. The number of carbonyl (C=O) groups excluding carboxylic acids is 3. The molecule has 0 radical (unpaired) electrons. The van der Waals surface area contributed by atoms with Crippen LogP contribution in [0.15, 0.2) is 82.4 Å². The van der Waals surface area contributed by atoms with Gasteiger partial charge in [0, 0.05) is 23.1 Å². The van der Waals surface area contributed by atoms with Crippen LogP contribution in [0.4, 0.5) is 5.69 Å². The minimum absolute atomic E-state index is 0.239. The van der Waals surface area contributed by atoms with Crippen molar-refractivity contribution in [3.05, 3.63) is 94.0 Å². The van der Waals surface area contributed by atoms with Crippen LogP contribution >= 0.6 is 15.9 Å². The van der Waals surface area contributed by atoms with Crippen LogP contribution in [0.5, 0.6) is 5.75 Å². The van der Waals surface area contributed by atoms with E-state index in [-0.39, 0.29) is 11.6 Å². The maximum Gasteiger partial charge on any atom is 0.329 e. The van der Waals surface area contributed by atoms with E-state index < -0.39 is 11.8 Å². The Morgan fingerprint density at radius 3 is 2.49 bits per heavy atom. The van der Waals surface area contributed by atoms with E-state index in [9.17, 15) is 14.4 Å². The average molecular weight is 565 g/mol. The summed E-state index contributed by atoms with van der Waals surface area (Å²) in [5.74, 6) is -1.54. The van der Waals surface area contributed by atoms with Crippen molar-refractivity contribution < 1.29 is 23.9 Å². The molecule has 0 spiro atoms. The molecule has 0 atom stereocenters. The van der Waals surface area contributed by atoms with Crippen molar-refractivity contribution in [1.82, 2.24) is 10.3 Å². The van der Waals surface area contributed by atoms with Crippen molar-refractivity contribution in [3.8, 4) is 5.75 Å². The molecule has 1 heterocycles. The van der Waals surface area contributed by atoms with Gasteiger partial charge in [-0.15, -0.1) is 0 Å². The zero-order valence-electron chi connectivity index (χ0n) is 19.9. The quantitative estimate of drug-likeness (QED) is 0.259. The van der Waals surface area contributed by atoms with Crippen LogP contribution in [0.1, 0.15) is 21.5 Å². The van der Waals surface area contributed by atoms with Gasteiger partial charge in [-0.1, -0.05) is 58.4 Å². The molecule has 2 N–H and O–H groups in total. The summed E-state index contributed by atoms with van der Waals surface area (Å²) in [4.78, 5) is 39.3. The number of benzene rings is 3. The summed E-state index contributed by atoms with van der Waals surface area (Å²) >= 11 is 3.44. The smallest absolute Gasteiger partial charge is 0.329 e. The molecule has 9 nitrogen and oxygen atoms in total. The number of carbonyl (C=O) groups is 3. The van der Waals surface area contributed by atoms with Gasteiger partial charge in [0.05, 0.1) is 30.7 Å². The van der Waals surface area contributed by atoms with Crippen LogP contribution in [-0.4, -0.2) is 55.1 Å². The molecule has 1 aliphatic heterocycles. The molecule has 3 aromatic rings. The number of hydrogen-bond donors (Lipinski definition) is 2. The maximum atomic E-state index is 12.9. The van der Waals surface area contributed by atoms with E-state index >= 15 is 0 Å². The number of anilines is 1. The van der Waals surface area contributed by atoms with Crippen LogP contribution in [-0.2, 0) is 20.9 Å². The van der Waals surface area contributed by atoms with Crippen molar-refractivity contribution in [2.24, 2.45) is 5.10 Å². The number of nitrogens with one attached hydrogen (secondary N) is 2. The zero-order valence-corrected chi connectivity index (χ0v) is 21.4. The predicted molar refractivity (Wildman–Crippen MR) is 142 cm³/mol. The predicted octanol–water partition coefficient (Wildman–Crippen LogP) is 3.59. The molecule has 4 rings (SSSR count). The highest BCUT2D eigenvalue weighted by Gasteiger charge is 2.23. The molecule has 0 aliphatic carbocycles. The molecule has 37 heavy (non-hydrogen) atoms. The minimum atomic E-state index is -0.975. The normalized spacial score (nSPS) is 13.3. The SMILES string of the molecule is O=C(N/N=C/c1cc(OCc2ccccc2)ccc1Br)C(=O)Nc1ccccc1C(=O)N1CCOCC1. The van der Waals surface area contributed by atoms with E-state index in [1.807, 2.05) is 36.4 Å². The Labute approximate surface area is 222 Å². The molecule has 0 unspecified atom stereocenters. The zero-order chi connectivity index (χ0) is 26.0.